The van der Waals surface area contributed by atoms with E-state index in [1.807, 2.05) is 97.1 Å². The normalized spacial score (nSPS) is 10.4. The highest BCUT2D eigenvalue weighted by Gasteiger charge is 2.11. The van der Waals surface area contributed by atoms with E-state index in [9.17, 15) is 19.2 Å². The Hall–Kier alpha value is -7.24. The van der Waals surface area contributed by atoms with Gasteiger partial charge < -0.3 is 18.9 Å². The standard InChI is InChI=1S/C48H38O8/c1-53-48(52)43-22-20-42(21-23-43)47(51)29-37-6-10-40(11-7-37)32-56-45-26-16-35(17-27-45)3-2-34-14-24-44(25-15-34)55-31-39-8-4-36(5-9-39)28-46(50)41-18-12-38(13-19-41)30-54-33-49/h4-27,33H,28-32H2,1H3. The summed E-state index contributed by atoms with van der Waals surface area (Å²) in [6, 6.07) is 44.3. The van der Waals surface area contributed by atoms with E-state index in [0.717, 1.165) is 50.4 Å². The number of hydrogen-bond acceptors (Lipinski definition) is 8. The molecule has 0 amide bonds. The first-order valence-corrected chi connectivity index (χ1v) is 17.9. The first-order chi connectivity index (χ1) is 27.3. The van der Waals surface area contributed by atoms with Gasteiger partial charge in [0.05, 0.1) is 12.7 Å². The summed E-state index contributed by atoms with van der Waals surface area (Å²) in [6.45, 7) is 1.36. The van der Waals surface area contributed by atoms with E-state index in [1.54, 1.807) is 48.5 Å². The largest absolute Gasteiger partial charge is 0.489 e. The lowest BCUT2D eigenvalue weighted by Crippen LogP contribution is -2.06. The summed E-state index contributed by atoms with van der Waals surface area (Å²) >= 11 is 0. The van der Waals surface area contributed by atoms with Gasteiger partial charge >= 0.3 is 5.97 Å². The van der Waals surface area contributed by atoms with Gasteiger partial charge in [0.1, 0.15) is 31.3 Å². The fourth-order valence-corrected chi connectivity index (χ4v) is 5.66. The lowest BCUT2D eigenvalue weighted by Gasteiger charge is -2.08. The molecule has 0 fully saturated rings. The minimum absolute atomic E-state index is 0.0123. The highest BCUT2D eigenvalue weighted by molar-refractivity contribution is 5.99. The second-order valence-corrected chi connectivity index (χ2v) is 12.9. The van der Waals surface area contributed by atoms with Crippen LogP contribution in [0.3, 0.4) is 0 Å². The maximum absolute atomic E-state index is 12.7. The fourth-order valence-electron chi connectivity index (χ4n) is 5.66. The molecule has 0 atom stereocenters. The number of carbonyl (C=O) groups excluding carboxylic acids is 4. The topological polar surface area (TPSA) is 105 Å². The van der Waals surface area contributed by atoms with Gasteiger partial charge in [0.2, 0.25) is 0 Å². The van der Waals surface area contributed by atoms with E-state index in [2.05, 4.69) is 11.8 Å². The summed E-state index contributed by atoms with van der Waals surface area (Å²) in [5.41, 5.74) is 7.85. The number of carbonyl (C=O) groups is 4. The molecule has 0 heterocycles. The molecule has 6 aromatic carbocycles. The van der Waals surface area contributed by atoms with Crippen molar-refractivity contribution in [2.24, 2.45) is 0 Å². The average Bonchev–Trinajstić information content (AvgIpc) is 3.25. The van der Waals surface area contributed by atoms with Crippen LogP contribution < -0.4 is 9.47 Å². The molecule has 0 radical (unpaired) electrons. The molecule has 0 aromatic heterocycles. The van der Waals surface area contributed by atoms with Crippen molar-refractivity contribution in [3.05, 3.63) is 201 Å². The lowest BCUT2D eigenvalue weighted by molar-refractivity contribution is -0.129. The van der Waals surface area contributed by atoms with Gasteiger partial charge in [-0.3, -0.25) is 14.4 Å². The van der Waals surface area contributed by atoms with Crippen LogP contribution in [0.25, 0.3) is 0 Å². The van der Waals surface area contributed by atoms with Gasteiger partial charge in [-0.05, 0) is 88.5 Å². The van der Waals surface area contributed by atoms with Gasteiger partial charge in [0, 0.05) is 35.1 Å². The van der Waals surface area contributed by atoms with E-state index < -0.39 is 5.97 Å². The van der Waals surface area contributed by atoms with E-state index >= 15 is 0 Å². The maximum atomic E-state index is 12.7. The maximum Gasteiger partial charge on any atom is 0.337 e. The van der Waals surface area contributed by atoms with Crippen LogP contribution in [0.5, 0.6) is 11.5 Å². The Balaban J connectivity index is 0.916. The van der Waals surface area contributed by atoms with Gasteiger partial charge in [0.15, 0.2) is 11.6 Å². The van der Waals surface area contributed by atoms with Crippen LogP contribution in [-0.2, 0) is 46.9 Å². The Morgan fingerprint density at radius 1 is 0.464 bits per heavy atom. The number of benzene rings is 6. The molecule has 56 heavy (non-hydrogen) atoms. The van der Waals surface area contributed by atoms with Crippen LogP contribution in [-0.4, -0.2) is 31.1 Å². The molecule has 0 aliphatic heterocycles. The summed E-state index contributed by atoms with van der Waals surface area (Å²) in [4.78, 5) is 47.4. The monoisotopic (exact) mass is 742 g/mol. The van der Waals surface area contributed by atoms with Gasteiger partial charge in [0.25, 0.3) is 6.47 Å². The lowest BCUT2D eigenvalue weighted by atomic mass is 10.0. The van der Waals surface area contributed by atoms with Crippen molar-refractivity contribution in [1.82, 2.24) is 0 Å². The Morgan fingerprint density at radius 2 is 0.821 bits per heavy atom. The number of ether oxygens (including phenoxy) is 4. The highest BCUT2D eigenvalue weighted by Crippen LogP contribution is 2.18. The van der Waals surface area contributed by atoms with Crippen molar-refractivity contribution in [2.45, 2.75) is 32.7 Å². The van der Waals surface area contributed by atoms with Crippen LogP contribution >= 0.6 is 0 Å². The third-order valence-corrected chi connectivity index (χ3v) is 8.87. The molecule has 8 nitrogen and oxygen atoms in total. The Morgan fingerprint density at radius 3 is 1.23 bits per heavy atom. The zero-order chi connectivity index (χ0) is 39.1. The van der Waals surface area contributed by atoms with Crippen LogP contribution in [0.4, 0.5) is 0 Å². The third-order valence-electron chi connectivity index (χ3n) is 8.87. The summed E-state index contributed by atoms with van der Waals surface area (Å²) in [5, 5.41) is 0. The summed E-state index contributed by atoms with van der Waals surface area (Å²) in [7, 11) is 1.32. The number of ketones is 2. The molecular weight excluding hydrogens is 705 g/mol. The van der Waals surface area contributed by atoms with Crippen molar-refractivity contribution < 1.29 is 38.1 Å². The molecule has 0 saturated carbocycles. The third kappa shape index (κ3) is 11.1. The quantitative estimate of drug-likeness (QED) is 0.0421. The minimum Gasteiger partial charge on any atom is -0.489 e. The van der Waals surface area contributed by atoms with Gasteiger partial charge in [-0.1, -0.05) is 96.8 Å². The van der Waals surface area contributed by atoms with Crippen LogP contribution in [0.15, 0.2) is 146 Å². The van der Waals surface area contributed by atoms with Crippen molar-refractivity contribution in [3.63, 3.8) is 0 Å². The number of rotatable bonds is 16. The van der Waals surface area contributed by atoms with E-state index in [0.29, 0.717) is 36.4 Å². The summed E-state index contributed by atoms with van der Waals surface area (Å²) < 4.78 is 21.4. The SMILES string of the molecule is COC(=O)c1ccc(C(=O)Cc2ccc(COc3ccc(C#Cc4ccc(OCc5ccc(CC(=O)c6ccc(COC=O)cc6)cc5)cc4)cc3)cc2)cc1. The Kier molecular flexibility index (Phi) is 13.2. The van der Waals surface area contributed by atoms with Gasteiger partial charge in [-0.25, -0.2) is 4.79 Å². The van der Waals surface area contributed by atoms with Gasteiger partial charge in [-0.2, -0.15) is 0 Å². The predicted molar refractivity (Wildman–Crippen MR) is 212 cm³/mol. The summed E-state index contributed by atoms with van der Waals surface area (Å²) in [5.74, 6) is 7.36. The predicted octanol–water partition coefficient (Wildman–Crippen LogP) is 8.55. The van der Waals surface area contributed by atoms with Crippen LogP contribution in [0, 0.1) is 11.8 Å². The van der Waals surface area contributed by atoms with Crippen LogP contribution in [0.2, 0.25) is 0 Å². The molecule has 0 bridgehead atoms. The molecule has 6 rings (SSSR count). The Bertz CT molecular complexity index is 2310. The van der Waals surface area contributed by atoms with Crippen molar-refractivity contribution >= 4 is 24.0 Å². The molecule has 0 saturated heterocycles. The zero-order valence-corrected chi connectivity index (χ0v) is 30.7. The number of methoxy groups -OCH3 is 1. The molecule has 0 unspecified atom stereocenters. The number of hydrogen-bond donors (Lipinski definition) is 0. The molecule has 278 valence electrons. The number of Topliss-reactive ketones (excluding diaryl/α,β-unsaturated/α-hetero) is 2. The minimum atomic E-state index is -0.437. The van der Waals surface area contributed by atoms with E-state index in [1.165, 1.54) is 7.11 Å². The molecule has 6 aromatic rings. The molecule has 0 N–H and O–H groups in total. The fraction of sp³-hybridized carbons (Fsp3) is 0.125. The average molecular weight is 743 g/mol. The van der Waals surface area contributed by atoms with E-state index in [-0.39, 0.29) is 31.0 Å². The van der Waals surface area contributed by atoms with Crippen molar-refractivity contribution in [1.29, 1.82) is 0 Å². The molecule has 0 aliphatic rings. The van der Waals surface area contributed by atoms with Crippen molar-refractivity contribution in [2.75, 3.05) is 7.11 Å². The van der Waals surface area contributed by atoms with Crippen molar-refractivity contribution in [3.8, 4) is 23.3 Å². The zero-order valence-electron chi connectivity index (χ0n) is 30.7. The molecule has 8 heteroatoms. The Labute approximate surface area is 325 Å². The molecular formula is C48H38O8. The van der Waals surface area contributed by atoms with Gasteiger partial charge in [-0.15, -0.1) is 0 Å². The highest BCUT2D eigenvalue weighted by atomic mass is 16.5. The first-order valence-electron chi connectivity index (χ1n) is 17.9. The number of esters is 1. The summed E-state index contributed by atoms with van der Waals surface area (Å²) in [6.07, 6.45) is 0.539. The second kappa shape index (κ2) is 19.2. The second-order valence-electron chi connectivity index (χ2n) is 12.9. The van der Waals surface area contributed by atoms with E-state index in [4.69, 9.17) is 18.9 Å². The first kappa shape index (κ1) is 38.5. The molecule has 0 aliphatic carbocycles. The molecule has 0 spiro atoms. The smallest absolute Gasteiger partial charge is 0.337 e. The van der Waals surface area contributed by atoms with Crippen LogP contribution in [0.1, 0.15) is 70.0 Å².